The van der Waals surface area contributed by atoms with Crippen LogP contribution in [0.2, 0.25) is 10.0 Å². The summed E-state index contributed by atoms with van der Waals surface area (Å²) in [5.74, 6) is 0.733. The molecule has 2 heterocycles. The van der Waals surface area contributed by atoms with E-state index in [0.717, 1.165) is 25.2 Å². The summed E-state index contributed by atoms with van der Waals surface area (Å²) in [4.78, 5) is 19.1. The van der Waals surface area contributed by atoms with Gasteiger partial charge in [0.1, 0.15) is 5.82 Å². The van der Waals surface area contributed by atoms with Crippen LogP contribution in [-0.2, 0) is 4.79 Å². The molecule has 24 heavy (non-hydrogen) atoms. The summed E-state index contributed by atoms with van der Waals surface area (Å²) in [5.41, 5.74) is 6.59. The number of nitrogens with zero attached hydrogens (tertiary/aromatic N) is 2. The second-order valence-electron chi connectivity index (χ2n) is 5.82. The van der Waals surface area contributed by atoms with E-state index in [-0.39, 0.29) is 11.8 Å². The number of aromatic nitrogens is 1. The van der Waals surface area contributed by atoms with E-state index < -0.39 is 0 Å². The molecule has 7 heteroatoms. The van der Waals surface area contributed by atoms with Crippen LogP contribution in [0.1, 0.15) is 12.8 Å². The van der Waals surface area contributed by atoms with Crippen molar-refractivity contribution in [3.8, 4) is 0 Å². The fourth-order valence-electron chi connectivity index (χ4n) is 2.84. The number of hydrogen-bond acceptors (Lipinski definition) is 4. The van der Waals surface area contributed by atoms with E-state index in [9.17, 15) is 4.79 Å². The summed E-state index contributed by atoms with van der Waals surface area (Å²) in [7, 11) is 0. The van der Waals surface area contributed by atoms with Crippen molar-refractivity contribution in [2.75, 3.05) is 29.0 Å². The number of piperidine rings is 1. The number of amides is 1. The van der Waals surface area contributed by atoms with Crippen LogP contribution in [0.5, 0.6) is 0 Å². The molecule has 3 N–H and O–H groups in total. The minimum atomic E-state index is -0.115. The second-order valence-corrected chi connectivity index (χ2v) is 6.63. The van der Waals surface area contributed by atoms with Gasteiger partial charge in [0.2, 0.25) is 5.91 Å². The van der Waals surface area contributed by atoms with Crippen LogP contribution in [0.3, 0.4) is 0 Å². The Morgan fingerprint density at radius 3 is 2.71 bits per heavy atom. The monoisotopic (exact) mass is 364 g/mol. The Morgan fingerprint density at radius 2 is 2.04 bits per heavy atom. The summed E-state index contributed by atoms with van der Waals surface area (Å²) in [6, 6.07) is 9.01. The van der Waals surface area contributed by atoms with Crippen molar-refractivity contribution in [1.29, 1.82) is 0 Å². The molecule has 3 rings (SSSR count). The number of pyridine rings is 1. The molecule has 1 aromatic carbocycles. The smallest absolute Gasteiger partial charge is 0.229 e. The molecular weight excluding hydrogens is 347 g/mol. The summed E-state index contributed by atoms with van der Waals surface area (Å²) in [6.07, 6.45) is 3.54. The third kappa shape index (κ3) is 3.74. The molecule has 126 valence electrons. The number of carbonyl (C=O) groups is 1. The Labute approximate surface area is 150 Å². The molecular formula is C17H18Cl2N4O. The predicted molar refractivity (Wildman–Crippen MR) is 98.7 cm³/mol. The van der Waals surface area contributed by atoms with E-state index in [4.69, 9.17) is 28.9 Å². The van der Waals surface area contributed by atoms with Gasteiger partial charge in [0.25, 0.3) is 0 Å². The number of nitrogens with one attached hydrogen (secondary N) is 1. The van der Waals surface area contributed by atoms with Gasteiger partial charge in [0, 0.05) is 25.0 Å². The largest absolute Gasteiger partial charge is 0.396 e. The van der Waals surface area contributed by atoms with E-state index >= 15 is 0 Å². The first kappa shape index (κ1) is 16.9. The van der Waals surface area contributed by atoms with Crippen LogP contribution in [0.4, 0.5) is 17.2 Å². The molecule has 1 aliphatic heterocycles. The van der Waals surface area contributed by atoms with E-state index in [1.54, 1.807) is 18.3 Å². The molecule has 1 amide bonds. The fourth-order valence-corrected chi connectivity index (χ4v) is 3.33. The van der Waals surface area contributed by atoms with Crippen LogP contribution in [-0.4, -0.2) is 24.0 Å². The van der Waals surface area contributed by atoms with Gasteiger partial charge in [-0.05, 0) is 37.1 Å². The third-order valence-corrected chi connectivity index (χ3v) is 4.74. The van der Waals surface area contributed by atoms with Crippen molar-refractivity contribution in [2.24, 2.45) is 5.92 Å². The van der Waals surface area contributed by atoms with Gasteiger partial charge < -0.3 is 16.0 Å². The highest BCUT2D eigenvalue weighted by atomic mass is 35.5. The molecule has 1 fully saturated rings. The summed E-state index contributed by atoms with van der Waals surface area (Å²) in [6.45, 7) is 1.54. The average Bonchev–Trinajstić information content (AvgIpc) is 2.60. The Balaban J connectivity index is 1.69. The van der Waals surface area contributed by atoms with Gasteiger partial charge in [-0.2, -0.15) is 0 Å². The van der Waals surface area contributed by atoms with Crippen LogP contribution < -0.4 is 16.0 Å². The van der Waals surface area contributed by atoms with Gasteiger partial charge in [-0.15, -0.1) is 0 Å². The number of anilines is 3. The van der Waals surface area contributed by atoms with E-state index in [1.807, 2.05) is 18.2 Å². The molecule has 0 bridgehead atoms. The molecule has 0 unspecified atom stereocenters. The first-order chi connectivity index (χ1) is 11.5. The molecule has 1 aromatic heterocycles. The molecule has 1 aliphatic rings. The summed E-state index contributed by atoms with van der Waals surface area (Å²) >= 11 is 12.0. The lowest BCUT2D eigenvalue weighted by Gasteiger charge is -2.32. The lowest BCUT2D eigenvalue weighted by atomic mass is 9.97. The fraction of sp³-hybridized carbons (Fsp3) is 0.294. The number of rotatable bonds is 3. The average molecular weight is 365 g/mol. The SMILES string of the molecule is Nc1c(Cl)cc(NC(=O)[C@@H]2CCCN(c3ccccn3)C2)cc1Cl. The molecule has 1 atom stereocenters. The first-order valence-electron chi connectivity index (χ1n) is 7.76. The van der Waals surface area contributed by atoms with Crippen molar-refractivity contribution < 1.29 is 4.79 Å². The number of benzene rings is 1. The minimum absolute atomic E-state index is 0.0486. The maximum Gasteiger partial charge on any atom is 0.229 e. The lowest BCUT2D eigenvalue weighted by molar-refractivity contribution is -0.120. The van der Waals surface area contributed by atoms with Crippen LogP contribution in [0.25, 0.3) is 0 Å². The normalized spacial score (nSPS) is 17.6. The highest BCUT2D eigenvalue weighted by molar-refractivity contribution is 6.39. The zero-order valence-corrected chi connectivity index (χ0v) is 14.5. The Kier molecular flexibility index (Phi) is 5.11. The number of carbonyl (C=O) groups excluding carboxylic acids is 1. The quantitative estimate of drug-likeness (QED) is 0.811. The van der Waals surface area contributed by atoms with Crippen LogP contribution in [0.15, 0.2) is 36.5 Å². The number of nitrogens with two attached hydrogens (primary N) is 1. The molecule has 5 nitrogen and oxygen atoms in total. The van der Waals surface area contributed by atoms with Gasteiger partial charge in [0.15, 0.2) is 0 Å². The zero-order valence-electron chi connectivity index (χ0n) is 13.0. The Bertz CT molecular complexity index is 716. The predicted octanol–water partition coefficient (Wildman–Crippen LogP) is 3.83. The summed E-state index contributed by atoms with van der Waals surface area (Å²) < 4.78 is 0. The molecule has 2 aromatic rings. The van der Waals surface area contributed by atoms with Gasteiger partial charge in [-0.25, -0.2) is 4.98 Å². The van der Waals surface area contributed by atoms with Crippen LogP contribution >= 0.6 is 23.2 Å². The Morgan fingerprint density at radius 1 is 1.29 bits per heavy atom. The lowest BCUT2D eigenvalue weighted by Crippen LogP contribution is -2.41. The molecule has 0 saturated carbocycles. The first-order valence-corrected chi connectivity index (χ1v) is 8.51. The molecule has 0 aliphatic carbocycles. The van der Waals surface area contributed by atoms with Gasteiger partial charge in [-0.1, -0.05) is 29.3 Å². The van der Waals surface area contributed by atoms with Gasteiger partial charge in [0.05, 0.1) is 21.7 Å². The number of halogens is 2. The van der Waals surface area contributed by atoms with E-state index in [2.05, 4.69) is 15.2 Å². The maximum absolute atomic E-state index is 12.6. The van der Waals surface area contributed by atoms with Gasteiger partial charge in [-0.3, -0.25) is 4.79 Å². The molecule has 1 saturated heterocycles. The Hall–Kier alpha value is -1.98. The molecule has 0 spiro atoms. The van der Waals surface area contributed by atoms with E-state index in [0.29, 0.717) is 28.0 Å². The minimum Gasteiger partial charge on any atom is -0.396 e. The second kappa shape index (κ2) is 7.28. The van der Waals surface area contributed by atoms with Crippen molar-refractivity contribution in [3.05, 3.63) is 46.6 Å². The van der Waals surface area contributed by atoms with Crippen molar-refractivity contribution in [1.82, 2.24) is 4.98 Å². The van der Waals surface area contributed by atoms with Crippen molar-refractivity contribution in [3.63, 3.8) is 0 Å². The summed E-state index contributed by atoms with van der Waals surface area (Å²) in [5, 5.41) is 3.54. The standard InChI is InChI=1S/C17H18Cl2N4O/c18-13-8-12(9-14(19)16(13)20)22-17(24)11-4-3-7-23(10-11)15-5-1-2-6-21-15/h1-2,5-6,8-9,11H,3-4,7,10,20H2,(H,22,24)/t11-/m1/s1. The zero-order chi connectivity index (χ0) is 17.1. The van der Waals surface area contributed by atoms with Crippen molar-refractivity contribution in [2.45, 2.75) is 12.8 Å². The molecule has 0 radical (unpaired) electrons. The van der Waals surface area contributed by atoms with E-state index in [1.165, 1.54) is 0 Å². The number of hydrogen-bond donors (Lipinski definition) is 2. The maximum atomic E-state index is 12.6. The van der Waals surface area contributed by atoms with Crippen molar-refractivity contribution >= 4 is 46.3 Å². The topological polar surface area (TPSA) is 71.2 Å². The van der Waals surface area contributed by atoms with Gasteiger partial charge >= 0.3 is 0 Å². The third-order valence-electron chi connectivity index (χ3n) is 4.11. The highest BCUT2D eigenvalue weighted by Crippen LogP contribution is 2.31. The van der Waals surface area contributed by atoms with Crippen LogP contribution in [0, 0.1) is 5.92 Å². The number of nitrogen functional groups attached to an aromatic ring is 1. The highest BCUT2D eigenvalue weighted by Gasteiger charge is 2.26.